The van der Waals surface area contributed by atoms with Crippen LogP contribution in [-0.2, 0) is 14.0 Å². The van der Waals surface area contributed by atoms with Crippen molar-refractivity contribution in [3.05, 3.63) is 41.3 Å². The first-order valence-corrected chi connectivity index (χ1v) is 12.1. The summed E-state index contributed by atoms with van der Waals surface area (Å²) in [4.78, 5) is 13.8. The Labute approximate surface area is 152 Å². The second kappa shape index (κ2) is 9.44. The zero-order valence-corrected chi connectivity index (χ0v) is 17.5. The second-order valence-corrected chi connectivity index (χ2v) is 13.0. The van der Waals surface area contributed by atoms with Crippen LogP contribution in [0.4, 0.5) is 0 Å². The Bertz CT molecular complexity index is 547. The lowest BCUT2D eigenvalue weighted by atomic mass is 10.2. The Morgan fingerprint density at radius 2 is 1.83 bits per heavy atom. The zero-order valence-electron chi connectivity index (χ0n) is 15.7. The predicted octanol–water partition coefficient (Wildman–Crippen LogP) is 5.64. The summed E-state index contributed by atoms with van der Waals surface area (Å²) in [6.45, 7) is 14.0. The molecule has 5 heteroatoms. The summed E-state index contributed by atoms with van der Waals surface area (Å²) in [6.07, 6.45) is 2.64. The van der Waals surface area contributed by atoms with Crippen LogP contribution >= 0.6 is 11.8 Å². The molecule has 0 amide bonds. The highest BCUT2D eigenvalue weighted by Gasteiger charge is 2.36. The average Bonchev–Trinajstić information content (AvgIpc) is 2.50. The van der Waals surface area contributed by atoms with Crippen LogP contribution in [0.2, 0.25) is 18.1 Å². The molecule has 0 aliphatic heterocycles. The lowest BCUT2D eigenvalue weighted by Crippen LogP contribution is -2.40. The molecule has 0 atom stereocenters. The average molecular weight is 367 g/mol. The first-order valence-electron chi connectivity index (χ1n) is 8.41. The van der Waals surface area contributed by atoms with E-state index in [2.05, 4.69) is 33.9 Å². The molecular weight excluding hydrogens is 336 g/mol. The molecule has 0 N–H and O–H groups in total. The largest absolute Gasteiger partial charge is 0.462 e. The quantitative estimate of drug-likeness (QED) is 0.196. The maximum absolute atomic E-state index is 12.2. The van der Waals surface area contributed by atoms with Gasteiger partial charge in [-0.15, -0.1) is 0 Å². The maximum atomic E-state index is 12.2. The Morgan fingerprint density at radius 1 is 1.21 bits per heavy atom. The molecule has 0 saturated heterocycles. The normalized spacial score (nSPS) is 13.0. The monoisotopic (exact) mass is 366 g/mol. The van der Waals surface area contributed by atoms with E-state index in [1.54, 1.807) is 0 Å². The number of hydrogen-bond donors (Lipinski definition) is 0. The van der Waals surface area contributed by atoms with Crippen LogP contribution < -0.4 is 0 Å². The summed E-state index contributed by atoms with van der Waals surface area (Å²) >= 11 is 1.44. The van der Waals surface area contributed by atoms with Crippen molar-refractivity contribution in [3.63, 3.8) is 0 Å². The van der Waals surface area contributed by atoms with Gasteiger partial charge in [-0.1, -0.05) is 56.8 Å². The Kier molecular flexibility index (Phi) is 8.26. The van der Waals surface area contributed by atoms with E-state index in [1.165, 1.54) is 11.8 Å². The van der Waals surface area contributed by atoms with Crippen LogP contribution in [0.15, 0.2) is 46.2 Å². The van der Waals surface area contributed by atoms with E-state index < -0.39 is 8.32 Å². The van der Waals surface area contributed by atoms with E-state index in [1.807, 2.05) is 43.3 Å². The van der Waals surface area contributed by atoms with Gasteiger partial charge in [0.05, 0.1) is 11.5 Å². The van der Waals surface area contributed by atoms with E-state index in [-0.39, 0.29) is 11.0 Å². The lowest BCUT2D eigenvalue weighted by Gasteiger charge is -2.36. The highest BCUT2D eigenvalue weighted by molar-refractivity contribution is 8.04. The molecule has 0 bridgehead atoms. The minimum atomic E-state index is -1.75. The van der Waals surface area contributed by atoms with Crippen LogP contribution in [-0.4, -0.2) is 27.5 Å². The fourth-order valence-corrected chi connectivity index (χ4v) is 3.66. The van der Waals surface area contributed by atoms with Crippen LogP contribution in [0.1, 0.15) is 34.1 Å². The first kappa shape index (κ1) is 21.0. The highest BCUT2D eigenvalue weighted by Crippen LogP contribution is 2.36. The minimum Gasteiger partial charge on any atom is -0.462 e. The highest BCUT2D eigenvalue weighted by atomic mass is 32.2. The van der Waals surface area contributed by atoms with E-state index in [4.69, 9.17) is 9.16 Å². The van der Waals surface area contributed by atoms with E-state index >= 15 is 0 Å². The Hall–Kier alpha value is -1.04. The molecule has 0 radical (unpaired) electrons. The van der Waals surface area contributed by atoms with Gasteiger partial charge < -0.3 is 9.16 Å². The molecule has 0 aromatic heterocycles. The molecule has 24 heavy (non-hydrogen) atoms. The van der Waals surface area contributed by atoms with Gasteiger partial charge in [0.1, 0.15) is 0 Å². The SMILES string of the molecule is CCOC(=O)/C(=C/CCO[Si](C)(C)C(C)(C)C)Sc1ccccc1. The molecule has 1 aromatic rings. The fourth-order valence-electron chi connectivity index (χ4n) is 1.71. The van der Waals surface area contributed by atoms with Crippen LogP contribution in [0.25, 0.3) is 0 Å². The van der Waals surface area contributed by atoms with Gasteiger partial charge in [0.25, 0.3) is 0 Å². The molecular formula is C19H30O3SSi. The zero-order chi connectivity index (χ0) is 18.2. The summed E-state index contributed by atoms with van der Waals surface area (Å²) in [6, 6.07) is 9.87. The van der Waals surface area contributed by atoms with Crippen molar-refractivity contribution in [1.82, 2.24) is 0 Å². The topological polar surface area (TPSA) is 35.5 Å². The van der Waals surface area contributed by atoms with E-state index in [0.717, 1.165) is 4.90 Å². The molecule has 0 fully saturated rings. The van der Waals surface area contributed by atoms with E-state index in [9.17, 15) is 4.79 Å². The summed E-state index contributed by atoms with van der Waals surface area (Å²) in [7, 11) is -1.75. The Balaban J connectivity index is 2.70. The Morgan fingerprint density at radius 3 is 2.38 bits per heavy atom. The van der Waals surface area contributed by atoms with Crippen molar-refractivity contribution in [1.29, 1.82) is 0 Å². The standard InChI is InChI=1S/C19H30O3SSi/c1-7-21-18(20)17(23-16-12-9-8-10-13-16)14-11-15-22-24(5,6)19(2,3)4/h8-10,12-14H,7,11,15H2,1-6H3/b17-14-. The number of rotatable bonds is 8. The smallest absolute Gasteiger partial charge is 0.344 e. The third kappa shape index (κ3) is 6.83. The number of carbonyl (C=O) groups excluding carboxylic acids is 1. The van der Waals surface area contributed by atoms with Crippen molar-refractivity contribution in [2.75, 3.05) is 13.2 Å². The summed E-state index contributed by atoms with van der Waals surface area (Å²) in [5.41, 5.74) is 0. The third-order valence-electron chi connectivity index (χ3n) is 4.16. The van der Waals surface area contributed by atoms with E-state index in [0.29, 0.717) is 24.5 Å². The van der Waals surface area contributed by atoms with Gasteiger partial charge in [-0.25, -0.2) is 4.79 Å². The molecule has 1 aromatic carbocycles. The molecule has 0 unspecified atom stereocenters. The van der Waals surface area contributed by atoms with Gasteiger partial charge in [-0.3, -0.25) is 0 Å². The number of carbonyl (C=O) groups is 1. The molecule has 0 heterocycles. The maximum Gasteiger partial charge on any atom is 0.344 e. The van der Waals surface area contributed by atoms with Gasteiger partial charge in [0, 0.05) is 11.5 Å². The number of thioether (sulfide) groups is 1. The summed E-state index contributed by atoms with van der Waals surface area (Å²) in [5, 5.41) is 0.194. The van der Waals surface area contributed by atoms with Crippen molar-refractivity contribution < 1.29 is 14.0 Å². The van der Waals surface area contributed by atoms with Gasteiger partial charge in [-0.05, 0) is 43.6 Å². The molecule has 0 saturated carbocycles. The van der Waals surface area contributed by atoms with Gasteiger partial charge in [0.15, 0.2) is 8.32 Å². The summed E-state index contributed by atoms with van der Waals surface area (Å²) in [5.74, 6) is -0.265. The third-order valence-corrected chi connectivity index (χ3v) is 9.76. The van der Waals surface area contributed by atoms with Crippen molar-refractivity contribution >= 4 is 26.0 Å². The van der Waals surface area contributed by atoms with Crippen molar-refractivity contribution in [2.24, 2.45) is 0 Å². The number of hydrogen-bond acceptors (Lipinski definition) is 4. The predicted molar refractivity (Wildman–Crippen MR) is 105 cm³/mol. The first-order chi connectivity index (χ1) is 11.2. The number of ether oxygens (including phenoxy) is 1. The number of benzene rings is 1. The molecule has 134 valence electrons. The van der Waals surface area contributed by atoms with Crippen molar-refractivity contribution in [2.45, 2.75) is 57.1 Å². The van der Waals surface area contributed by atoms with Gasteiger partial charge >= 0.3 is 5.97 Å². The van der Waals surface area contributed by atoms with Crippen LogP contribution in [0.3, 0.4) is 0 Å². The van der Waals surface area contributed by atoms with Gasteiger partial charge in [0.2, 0.25) is 0 Å². The molecule has 0 aliphatic carbocycles. The molecule has 0 aliphatic rings. The molecule has 3 nitrogen and oxygen atoms in total. The van der Waals surface area contributed by atoms with Gasteiger partial charge in [-0.2, -0.15) is 0 Å². The molecule has 1 rings (SSSR count). The van der Waals surface area contributed by atoms with Crippen LogP contribution in [0.5, 0.6) is 0 Å². The minimum absolute atomic E-state index is 0.194. The lowest BCUT2D eigenvalue weighted by molar-refractivity contribution is -0.137. The van der Waals surface area contributed by atoms with Crippen LogP contribution in [0, 0.1) is 0 Å². The molecule has 0 spiro atoms. The second-order valence-electron chi connectivity index (χ2n) is 7.10. The fraction of sp³-hybridized carbons (Fsp3) is 0.526. The summed E-state index contributed by atoms with van der Waals surface area (Å²) < 4.78 is 11.3. The number of esters is 1. The van der Waals surface area contributed by atoms with Crippen molar-refractivity contribution in [3.8, 4) is 0 Å².